The second-order valence-electron chi connectivity index (χ2n) is 4.57. The number of hydrogen-bond acceptors (Lipinski definition) is 6. The quantitative estimate of drug-likeness (QED) is 0.807. The smallest absolute Gasteiger partial charge is 0.264 e. The molecule has 0 aliphatic rings. The van der Waals surface area contributed by atoms with Crippen LogP contribution in [0.2, 0.25) is 0 Å². The zero-order valence-corrected chi connectivity index (χ0v) is 14.4. The number of rotatable bonds is 5. The third kappa shape index (κ3) is 4.75. The molecule has 0 saturated heterocycles. The van der Waals surface area contributed by atoms with E-state index in [1.165, 1.54) is 35.6 Å². The lowest BCUT2D eigenvalue weighted by Gasteiger charge is -2.06. The average molecular weight is 371 g/mol. The highest BCUT2D eigenvalue weighted by Crippen LogP contribution is 2.16. The Kier molecular flexibility index (Phi) is 5.03. The Balaban J connectivity index is 2.20. The topological polar surface area (TPSA) is 97.4 Å². The van der Waals surface area contributed by atoms with Gasteiger partial charge in [-0.1, -0.05) is 12.1 Å². The van der Waals surface area contributed by atoms with Gasteiger partial charge in [0.05, 0.1) is 9.79 Å². The maximum atomic E-state index is 12.1. The van der Waals surface area contributed by atoms with Gasteiger partial charge in [0.2, 0.25) is 0 Å². The van der Waals surface area contributed by atoms with Gasteiger partial charge in [0.25, 0.3) is 15.9 Å². The zero-order chi connectivity index (χ0) is 17.1. The molecule has 122 valence electrons. The molecule has 1 aromatic carbocycles. The fraction of sp³-hybridized carbons (Fsp3) is 0.0714. The summed E-state index contributed by atoms with van der Waals surface area (Å²) in [6.07, 6.45) is 3.56. The lowest BCUT2D eigenvalue weighted by molar-refractivity contribution is -0.114. The fourth-order valence-corrected chi connectivity index (χ4v) is 3.99. The first kappa shape index (κ1) is 17.4. The summed E-state index contributed by atoms with van der Waals surface area (Å²) in [5.74, 6) is -0.817. The third-order valence-electron chi connectivity index (χ3n) is 2.72. The molecule has 0 bridgehead atoms. The van der Waals surface area contributed by atoms with Crippen LogP contribution in [0.3, 0.4) is 0 Å². The first-order valence-electron chi connectivity index (χ1n) is 6.27. The van der Waals surface area contributed by atoms with E-state index in [1.807, 2.05) is 10.1 Å². The number of hydrogen-bond donors (Lipinski definition) is 1. The Morgan fingerprint density at radius 3 is 2.39 bits per heavy atom. The summed E-state index contributed by atoms with van der Waals surface area (Å²) in [6, 6.07) is 8.39. The van der Waals surface area contributed by atoms with Gasteiger partial charge in [-0.25, -0.2) is 21.6 Å². The van der Waals surface area contributed by atoms with Crippen molar-refractivity contribution in [2.45, 2.75) is 9.79 Å². The van der Waals surface area contributed by atoms with Gasteiger partial charge < -0.3 is 0 Å². The van der Waals surface area contributed by atoms with E-state index in [9.17, 15) is 21.6 Å². The third-order valence-corrected chi connectivity index (χ3v) is 6.01. The van der Waals surface area contributed by atoms with Gasteiger partial charge in [-0.3, -0.25) is 4.79 Å². The van der Waals surface area contributed by atoms with Gasteiger partial charge in [0, 0.05) is 17.2 Å². The van der Waals surface area contributed by atoms with Crippen LogP contribution < -0.4 is 4.72 Å². The van der Waals surface area contributed by atoms with Gasteiger partial charge in [-0.15, -0.1) is 11.3 Å². The minimum absolute atomic E-state index is 0.137. The van der Waals surface area contributed by atoms with E-state index in [0.29, 0.717) is 0 Å². The first-order valence-corrected chi connectivity index (χ1v) is 10.5. The van der Waals surface area contributed by atoms with Crippen molar-refractivity contribution in [3.63, 3.8) is 0 Å². The predicted octanol–water partition coefficient (Wildman–Crippen LogP) is 1.67. The number of sulfone groups is 1. The molecule has 23 heavy (non-hydrogen) atoms. The van der Waals surface area contributed by atoms with Crippen molar-refractivity contribution in [1.82, 2.24) is 4.72 Å². The monoisotopic (exact) mass is 371 g/mol. The van der Waals surface area contributed by atoms with Crippen LogP contribution in [0.25, 0.3) is 6.08 Å². The maximum Gasteiger partial charge on any atom is 0.264 e. The lowest BCUT2D eigenvalue weighted by Crippen LogP contribution is -2.29. The van der Waals surface area contributed by atoms with Crippen LogP contribution in [0.15, 0.2) is 57.6 Å². The number of nitrogens with one attached hydrogen (secondary N) is 1. The van der Waals surface area contributed by atoms with Crippen molar-refractivity contribution in [3.8, 4) is 0 Å². The Morgan fingerprint density at radius 2 is 1.78 bits per heavy atom. The molecule has 9 heteroatoms. The SMILES string of the molecule is CS(=O)(=O)c1cccc(S(=O)(=O)NC(=O)/C=C/c2cccs2)c1. The number of carbonyl (C=O) groups excluding carboxylic acids is 1. The molecule has 1 aromatic heterocycles. The highest BCUT2D eigenvalue weighted by Gasteiger charge is 2.18. The van der Waals surface area contributed by atoms with Crippen LogP contribution in [0.1, 0.15) is 4.88 Å². The van der Waals surface area contributed by atoms with E-state index in [4.69, 9.17) is 0 Å². The van der Waals surface area contributed by atoms with E-state index in [2.05, 4.69) is 0 Å². The molecule has 0 aliphatic heterocycles. The summed E-state index contributed by atoms with van der Waals surface area (Å²) in [6.45, 7) is 0. The fourth-order valence-electron chi connectivity index (χ4n) is 1.64. The van der Waals surface area contributed by atoms with Gasteiger partial charge >= 0.3 is 0 Å². The summed E-state index contributed by atoms with van der Waals surface area (Å²) in [4.78, 5) is 12.1. The molecule has 0 fully saturated rings. The molecule has 0 spiro atoms. The molecular formula is C14H13NO5S3. The zero-order valence-electron chi connectivity index (χ0n) is 12.0. The highest BCUT2D eigenvalue weighted by molar-refractivity contribution is 7.91. The van der Waals surface area contributed by atoms with Gasteiger partial charge in [-0.2, -0.15) is 0 Å². The van der Waals surface area contributed by atoms with Crippen LogP contribution >= 0.6 is 11.3 Å². The lowest BCUT2D eigenvalue weighted by atomic mass is 10.4. The van der Waals surface area contributed by atoms with Gasteiger partial charge in [-0.05, 0) is 35.7 Å². The summed E-state index contributed by atoms with van der Waals surface area (Å²) in [5.41, 5.74) is 0. The second-order valence-corrected chi connectivity index (χ2v) is 9.24. The Hall–Kier alpha value is -1.97. The van der Waals surface area contributed by atoms with E-state index in [0.717, 1.165) is 23.3 Å². The van der Waals surface area contributed by atoms with Crippen molar-refractivity contribution in [1.29, 1.82) is 0 Å². The Labute approximate surface area is 138 Å². The standard InChI is InChI=1S/C14H13NO5S3/c1-22(17,18)12-5-2-6-13(10-12)23(19,20)15-14(16)8-7-11-4-3-9-21-11/h2-10H,1H3,(H,15,16)/b8-7+. The van der Waals surface area contributed by atoms with E-state index in [-0.39, 0.29) is 9.79 Å². The number of carbonyl (C=O) groups is 1. The second kappa shape index (κ2) is 6.65. The summed E-state index contributed by atoms with van der Waals surface area (Å²) in [7, 11) is -7.69. The molecule has 0 radical (unpaired) electrons. The molecular weight excluding hydrogens is 358 g/mol. The van der Waals surface area contributed by atoms with E-state index in [1.54, 1.807) is 12.1 Å². The molecule has 2 aromatic rings. The Bertz CT molecular complexity index is 942. The van der Waals surface area contributed by atoms with Gasteiger partial charge in [0.15, 0.2) is 9.84 Å². The molecule has 1 N–H and O–H groups in total. The van der Waals surface area contributed by atoms with Crippen molar-refractivity contribution in [3.05, 3.63) is 52.7 Å². The normalized spacial score (nSPS) is 12.4. The van der Waals surface area contributed by atoms with Crippen LogP contribution in [0.5, 0.6) is 0 Å². The summed E-state index contributed by atoms with van der Waals surface area (Å²) < 4.78 is 49.1. The number of thiophene rings is 1. The molecule has 0 aliphatic carbocycles. The van der Waals surface area contributed by atoms with Crippen molar-refractivity contribution >= 4 is 43.2 Å². The van der Waals surface area contributed by atoms with E-state index >= 15 is 0 Å². The maximum absolute atomic E-state index is 12.1. The molecule has 6 nitrogen and oxygen atoms in total. The molecule has 1 heterocycles. The minimum atomic E-state index is -4.15. The minimum Gasteiger partial charge on any atom is -0.269 e. The Morgan fingerprint density at radius 1 is 1.09 bits per heavy atom. The number of benzene rings is 1. The van der Waals surface area contributed by atoms with Crippen molar-refractivity contribution < 1.29 is 21.6 Å². The van der Waals surface area contributed by atoms with Crippen molar-refractivity contribution in [2.75, 3.05) is 6.26 Å². The molecule has 0 saturated carbocycles. The van der Waals surface area contributed by atoms with Crippen LogP contribution in [0.4, 0.5) is 0 Å². The van der Waals surface area contributed by atoms with Crippen LogP contribution in [-0.4, -0.2) is 29.0 Å². The van der Waals surface area contributed by atoms with E-state index < -0.39 is 25.8 Å². The van der Waals surface area contributed by atoms with Crippen LogP contribution in [0, 0.1) is 0 Å². The summed E-state index contributed by atoms with van der Waals surface area (Å²) >= 11 is 1.40. The molecule has 0 unspecified atom stereocenters. The molecule has 2 rings (SSSR count). The largest absolute Gasteiger partial charge is 0.269 e. The van der Waals surface area contributed by atoms with Gasteiger partial charge in [0.1, 0.15) is 0 Å². The average Bonchev–Trinajstić information content (AvgIpc) is 2.97. The first-order chi connectivity index (χ1) is 10.7. The molecule has 1 amide bonds. The number of sulfonamides is 1. The summed E-state index contributed by atoms with van der Waals surface area (Å²) in [5, 5.41) is 1.82. The predicted molar refractivity (Wildman–Crippen MR) is 88.2 cm³/mol. The molecule has 0 atom stereocenters. The van der Waals surface area contributed by atoms with Crippen LogP contribution in [-0.2, 0) is 24.7 Å². The number of amides is 1. The highest BCUT2D eigenvalue weighted by atomic mass is 32.2. The van der Waals surface area contributed by atoms with Crippen molar-refractivity contribution in [2.24, 2.45) is 0 Å².